The van der Waals surface area contributed by atoms with Gasteiger partial charge in [0.05, 0.1) is 6.04 Å². The Morgan fingerprint density at radius 1 is 1.31 bits per heavy atom. The molecule has 2 nitrogen and oxygen atoms in total. The van der Waals surface area contributed by atoms with E-state index in [0.29, 0.717) is 12.0 Å². The lowest BCUT2D eigenvalue weighted by Gasteiger charge is -2.07. The number of hydrogen-bond donors (Lipinski definition) is 0. The molecule has 0 spiro atoms. The van der Waals surface area contributed by atoms with Gasteiger partial charge in [-0.25, -0.2) is 4.99 Å². The Hall–Kier alpha value is -1.31. The van der Waals surface area contributed by atoms with Gasteiger partial charge in [0.1, 0.15) is 6.61 Å². The van der Waals surface area contributed by atoms with E-state index in [1.54, 1.807) is 0 Å². The first-order chi connectivity index (χ1) is 7.59. The van der Waals surface area contributed by atoms with Crippen molar-refractivity contribution in [1.82, 2.24) is 0 Å². The van der Waals surface area contributed by atoms with Crippen LogP contribution in [0.4, 0.5) is 0 Å². The van der Waals surface area contributed by atoms with Crippen LogP contribution in [-0.4, -0.2) is 18.5 Å². The van der Waals surface area contributed by atoms with E-state index < -0.39 is 0 Å². The highest BCUT2D eigenvalue weighted by atomic mass is 16.5. The van der Waals surface area contributed by atoms with Gasteiger partial charge in [0.25, 0.3) is 0 Å². The SMILES string of the molecule is Cc1cccc(C2=N[C@@H](C(C)C)CO2)c1C. The van der Waals surface area contributed by atoms with Gasteiger partial charge in [-0.3, -0.25) is 0 Å². The molecule has 0 N–H and O–H groups in total. The Morgan fingerprint density at radius 3 is 2.69 bits per heavy atom. The average Bonchev–Trinajstić information content (AvgIpc) is 2.71. The zero-order chi connectivity index (χ0) is 11.7. The summed E-state index contributed by atoms with van der Waals surface area (Å²) in [5, 5.41) is 0. The first kappa shape index (κ1) is 11.2. The second-order valence-electron chi connectivity index (χ2n) is 4.80. The number of ether oxygens (including phenoxy) is 1. The third-order valence-corrected chi connectivity index (χ3v) is 3.28. The van der Waals surface area contributed by atoms with Crippen LogP contribution in [0, 0.1) is 19.8 Å². The summed E-state index contributed by atoms with van der Waals surface area (Å²) in [6, 6.07) is 6.58. The maximum absolute atomic E-state index is 5.70. The molecule has 1 aliphatic rings. The van der Waals surface area contributed by atoms with Gasteiger partial charge >= 0.3 is 0 Å². The van der Waals surface area contributed by atoms with Gasteiger partial charge in [-0.1, -0.05) is 26.0 Å². The summed E-state index contributed by atoms with van der Waals surface area (Å²) in [6.07, 6.45) is 0. The second kappa shape index (κ2) is 4.28. The molecule has 0 aromatic heterocycles. The maximum atomic E-state index is 5.70. The molecule has 2 rings (SSSR count). The van der Waals surface area contributed by atoms with E-state index in [0.717, 1.165) is 18.1 Å². The van der Waals surface area contributed by atoms with Crippen molar-refractivity contribution >= 4 is 5.90 Å². The smallest absolute Gasteiger partial charge is 0.216 e. The molecule has 0 radical (unpaired) electrons. The molecule has 1 aromatic rings. The lowest BCUT2D eigenvalue weighted by molar-refractivity contribution is 0.291. The number of benzene rings is 1. The van der Waals surface area contributed by atoms with Crippen molar-refractivity contribution in [3.63, 3.8) is 0 Å². The van der Waals surface area contributed by atoms with Crippen molar-refractivity contribution in [2.75, 3.05) is 6.61 Å². The fourth-order valence-corrected chi connectivity index (χ4v) is 1.86. The summed E-state index contributed by atoms with van der Waals surface area (Å²) in [7, 11) is 0. The van der Waals surface area contributed by atoms with Crippen molar-refractivity contribution in [2.45, 2.75) is 33.7 Å². The summed E-state index contributed by atoms with van der Waals surface area (Å²) in [5.74, 6) is 1.36. The standard InChI is InChI=1S/C14H19NO/c1-9(2)13-8-16-14(15-13)12-7-5-6-10(3)11(12)4/h5-7,9,13H,8H2,1-4H3/t13-/m1/s1. The molecule has 0 fully saturated rings. The van der Waals surface area contributed by atoms with Crippen LogP contribution in [0.25, 0.3) is 0 Å². The summed E-state index contributed by atoms with van der Waals surface area (Å²) in [5.41, 5.74) is 3.70. The lowest BCUT2D eigenvalue weighted by atomic mass is 10.0. The van der Waals surface area contributed by atoms with Gasteiger partial charge in [-0.2, -0.15) is 0 Å². The van der Waals surface area contributed by atoms with E-state index in [4.69, 9.17) is 4.74 Å². The third kappa shape index (κ3) is 1.97. The van der Waals surface area contributed by atoms with Crippen LogP contribution in [0.3, 0.4) is 0 Å². The van der Waals surface area contributed by atoms with E-state index in [-0.39, 0.29) is 0 Å². The monoisotopic (exact) mass is 217 g/mol. The van der Waals surface area contributed by atoms with Gasteiger partial charge in [0, 0.05) is 5.56 Å². The van der Waals surface area contributed by atoms with Gasteiger partial charge in [-0.15, -0.1) is 0 Å². The van der Waals surface area contributed by atoms with Gasteiger partial charge < -0.3 is 4.74 Å². The molecule has 0 amide bonds. The topological polar surface area (TPSA) is 21.6 Å². The number of rotatable bonds is 2. The molecule has 2 heteroatoms. The molecule has 0 saturated carbocycles. The van der Waals surface area contributed by atoms with Crippen molar-refractivity contribution in [3.05, 3.63) is 34.9 Å². The van der Waals surface area contributed by atoms with E-state index in [9.17, 15) is 0 Å². The summed E-state index contributed by atoms with van der Waals surface area (Å²) >= 11 is 0. The minimum Gasteiger partial charge on any atom is -0.475 e. The fourth-order valence-electron chi connectivity index (χ4n) is 1.86. The molecule has 0 aliphatic carbocycles. The number of hydrogen-bond acceptors (Lipinski definition) is 2. The minimum atomic E-state index is 0.315. The highest BCUT2D eigenvalue weighted by molar-refractivity contribution is 5.96. The first-order valence-corrected chi connectivity index (χ1v) is 5.86. The van der Waals surface area contributed by atoms with Crippen molar-refractivity contribution in [2.24, 2.45) is 10.9 Å². The van der Waals surface area contributed by atoms with Gasteiger partial charge in [0.15, 0.2) is 0 Å². The van der Waals surface area contributed by atoms with E-state index >= 15 is 0 Å². The molecule has 16 heavy (non-hydrogen) atoms. The van der Waals surface area contributed by atoms with Gasteiger partial charge in [0.2, 0.25) is 5.90 Å². The highest BCUT2D eigenvalue weighted by Gasteiger charge is 2.23. The van der Waals surface area contributed by atoms with Crippen LogP contribution in [0.5, 0.6) is 0 Å². The molecule has 0 saturated heterocycles. The minimum absolute atomic E-state index is 0.315. The second-order valence-corrected chi connectivity index (χ2v) is 4.80. The Kier molecular flexibility index (Phi) is 2.99. The average molecular weight is 217 g/mol. The summed E-state index contributed by atoms with van der Waals surface area (Å²) in [4.78, 5) is 4.65. The predicted molar refractivity (Wildman–Crippen MR) is 67.0 cm³/mol. The largest absolute Gasteiger partial charge is 0.475 e. The number of aliphatic imine (C=N–C) groups is 1. The molecule has 1 aromatic carbocycles. The number of aryl methyl sites for hydroxylation is 1. The summed E-state index contributed by atoms with van der Waals surface area (Å²) in [6.45, 7) is 9.33. The molecule has 86 valence electrons. The predicted octanol–water partition coefficient (Wildman–Crippen LogP) is 3.10. The molecular weight excluding hydrogens is 198 g/mol. The van der Waals surface area contributed by atoms with Crippen molar-refractivity contribution < 1.29 is 4.74 Å². The Labute approximate surface area is 97.4 Å². The normalized spacial score (nSPS) is 19.8. The maximum Gasteiger partial charge on any atom is 0.216 e. The Bertz CT molecular complexity index is 421. The Balaban J connectivity index is 2.32. The number of nitrogens with zero attached hydrogens (tertiary/aromatic N) is 1. The first-order valence-electron chi connectivity index (χ1n) is 5.86. The molecule has 0 bridgehead atoms. The molecule has 1 atom stereocenters. The molecular formula is C14H19NO. The molecule has 1 heterocycles. The Morgan fingerprint density at radius 2 is 2.06 bits per heavy atom. The molecule has 1 aliphatic heterocycles. The zero-order valence-corrected chi connectivity index (χ0v) is 10.4. The van der Waals surface area contributed by atoms with Crippen molar-refractivity contribution in [3.8, 4) is 0 Å². The van der Waals surface area contributed by atoms with Crippen LogP contribution in [0.2, 0.25) is 0 Å². The van der Waals surface area contributed by atoms with Crippen LogP contribution < -0.4 is 0 Å². The van der Waals surface area contributed by atoms with Crippen molar-refractivity contribution in [1.29, 1.82) is 0 Å². The van der Waals surface area contributed by atoms with Crippen LogP contribution in [-0.2, 0) is 4.74 Å². The van der Waals surface area contributed by atoms with E-state index in [1.165, 1.54) is 11.1 Å². The fraction of sp³-hybridized carbons (Fsp3) is 0.500. The van der Waals surface area contributed by atoms with E-state index in [1.807, 2.05) is 0 Å². The third-order valence-electron chi connectivity index (χ3n) is 3.28. The van der Waals surface area contributed by atoms with Crippen LogP contribution >= 0.6 is 0 Å². The summed E-state index contributed by atoms with van der Waals surface area (Å²) < 4.78 is 5.70. The highest BCUT2D eigenvalue weighted by Crippen LogP contribution is 2.21. The van der Waals surface area contributed by atoms with Crippen LogP contribution in [0.1, 0.15) is 30.5 Å². The zero-order valence-electron chi connectivity index (χ0n) is 10.4. The molecule has 0 unspecified atom stereocenters. The van der Waals surface area contributed by atoms with E-state index in [2.05, 4.69) is 50.9 Å². The van der Waals surface area contributed by atoms with Crippen LogP contribution in [0.15, 0.2) is 23.2 Å². The lowest BCUT2D eigenvalue weighted by Crippen LogP contribution is -2.13. The van der Waals surface area contributed by atoms with Gasteiger partial charge in [-0.05, 0) is 37.0 Å². The quantitative estimate of drug-likeness (QED) is 0.746.